The lowest BCUT2D eigenvalue weighted by Crippen LogP contribution is -2.58. The third-order valence-corrected chi connectivity index (χ3v) is 10.3. The maximum absolute atomic E-state index is 14.3. The molecule has 2 heterocycles. The van der Waals surface area contributed by atoms with Gasteiger partial charge in [-0.3, -0.25) is 19.3 Å². The number of likely N-dealkylation sites (tertiary alicyclic amines) is 1. The molecule has 48 heavy (non-hydrogen) atoms. The second-order valence-electron chi connectivity index (χ2n) is 13.3. The van der Waals surface area contributed by atoms with Gasteiger partial charge < -0.3 is 25.4 Å². The Morgan fingerprint density at radius 1 is 1.10 bits per heavy atom. The quantitative estimate of drug-likeness (QED) is 0.209. The standard InChI is InChI=1S/C36H55N5O6S/c1-8-18-41(35(45)31(24(5)9-2)39-33(44)28-17-13-14-19-40(28)6)29(23(3)4)21-30(42)34-38-27(22-48-34)32(43)37-26(36(46)47-7)20-25-15-11-10-12-16-25/h10-12,15-16,22-24,26,28-31,42H,8-9,13-14,17-21H2,1-7H3,(H,37,43)(H,39,44)/t24?,26-,28?,29+,30+,31-/m0/s1. The molecule has 266 valence electrons. The van der Waals surface area contributed by atoms with Gasteiger partial charge in [-0.1, -0.05) is 77.8 Å². The van der Waals surface area contributed by atoms with Crippen LogP contribution >= 0.6 is 11.3 Å². The molecule has 1 saturated heterocycles. The van der Waals surface area contributed by atoms with Crippen molar-refractivity contribution in [2.24, 2.45) is 11.8 Å². The average molecular weight is 686 g/mol. The van der Waals surface area contributed by atoms with E-state index in [4.69, 9.17) is 4.74 Å². The van der Waals surface area contributed by atoms with Crippen molar-refractivity contribution in [2.75, 3.05) is 27.2 Å². The first-order valence-electron chi connectivity index (χ1n) is 17.3. The lowest BCUT2D eigenvalue weighted by Gasteiger charge is -2.39. The number of esters is 1. The third-order valence-electron chi connectivity index (χ3n) is 9.35. The van der Waals surface area contributed by atoms with E-state index >= 15 is 0 Å². The number of carbonyl (C=O) groups excluding carboxylic acids is 4. The summed E-state index contributed by atoms with van der Waals surface area (Å²) in [5, 5.41) is 19.2. The van der Waals surface area contributed by atoms with E-state index in [-0.39, 0.29) is 54.3 Å². The van der Waals surface area contributed by atoms with Gasteiger partial charge in [-0.05, 0) is 50.3 Å². The molecule has 1 aliphatic rings. The number of hydrogen-bond acceptors (Lipinski definition) is 9. The van der Waals surface area contributed by atoms with Crippen LogP contribution in [0, 0.1) is 11.8 Å². The summed E-state index contributed by atoms with van der Waals surface area (Å²) in [6.07, 6.45) is 3.68. The van der Waals surface area contributed by atoms with E-state index < -0.39 is 30.1 Å². The number of carbonyl (C=O) groups is 4. The van der Waals surface area contributed by atoms with E-state index in [0.717, 1.165) is 49.1 Å². The molecular weight excluding hydrogens is 630 g/mol. The molecule has 2 unspecified atom stereocenters. The monoisotopic (exact) mass is 685 g/mol. The molecule has 1 aromatic heterocycles. The number of aromatic nitrogens is 1. The Bertz CT molecular complexity index is 1340. The number of hydrogen-bond donors (Lipinski definition) is 3. The predicted molar refractivity (Wildman–Crippen MR) is 187 cm³/mol. The van der Waals surface area contributed by atoms with Crippen LogP contribution in [0.5, 0.6) is 0 Å². The van der Waals surface area contributed by atoms with Crippen LogP contribution in [0.1, 0.15) is 100 Å². The number of rotatable bonds is 17. The zero-order chi connectivity index (χ0) is 35.4. The lowest BCUT2D eigenvalue weighted by molar-refractivity contribution is -0.143. The van der Waals surface area contributed by atoms with Gasteiger partial charge in [0.2, 0.25) is 11.8 Å². The summed E-state index contributed by atoms with van der Waals surface area (Å²) in [7, 11) is 3.23. The molecule has 6 atom stereocenters. The molecule has 3 N–H and O–H groups in total. The van der Waals surface area contributed by atoms with E-state index in [0.29, 0.717) is 18.0 Å². The molecule has 11 nitrogen and oxygen atoms in total. The number of nitrogens with one attached hydrogen (secondary N) is 2. The molecule has 2 aromatic rings. The first-order valence-corrected chi connectivity index (χ1v) is 18.2. The molecule has 1 aromatic carbocycles. The number of amides is 3. The van der Waals surface area contributed by atoms with E-state index in [2.05, 4.69) is 20.5 Å². The number of benzene rings is 1. The van der Waals surface area contributed by atoms with Crippen molar-refractivity contribution in [1.82, 2.24) is 25.4 Å². The molecule has 0 saturated carbocycles. The number of aliphatic hydroxyl groups is 1. The maximum Gasteiger partial charge on any atom is 0.328 e. The Kier molecular flexibility index (Phi) is 15.5. The summed E-state index contributed by atoms with van der Waals surface area (Å²) in [5.74, 6) is -1.45. The van der Waals surface area contributed by atoms with Gasteiger partial charge in [0, 0.05) is 30.8 Å². The van der Waals surface area contributed by atoms with Crippen LogP contribution in [0.15, 0.2) is 35.7 Å². The van der Waals surface area contributed by atoms with Crippen molar-refractivity contribution in [3.8, 4) is 0 Å². The van der Waals surface area contributed by atoms with Crippen LogP contribution < -0.4 is 10.6 Å². The number of piperidine rings is 1. The van der Waals surface area contributed by atoms with Gasteiger partial charge in [-0.2, -0.15) is 0 Å². The van der Waals surface area contributed by atoms with E-state index in [1.165, 1.54) is 7.11 Å². The van der Waals surface area contributed by atoms with Crippen LogP contribution in [0.3, 0.4) is 0 Å². The van der Waals surface area contributed by atoms with Gasteiger partial charge in [0.15, 0.2) is 0 Å². The molecule has 0 spiro atoms. The average Bonchev–Trinajstić information content (AvgIpc) is 3.59. The zero-order valence-corrected chi connectivity index (χ0v) is 30.4. The topological polar surface area (TPSA) is 141 Å². The predicted octanol–water partition coefficient (Wildman–Crippen LogP) is 4.36. The second kappa shape index (κ2) is 19.0. The van der Waals surface area contributed by atoms with Crippen molar-refractivity contribution in [1.29, 1.82) is 0 Å². The molecule has 3 rings (SSSR count). The van der Waals surface area contributed by atoms with Gasteiger partial charge in [0.05, 0.1) is 13.2 Å². The summed E-state index contributed by atoms with van der Waals surface area (Å²) < 4.78 is 4.92. The van der Waals surface area contributed by atoms with Gasteiger partial charge in [0.1, 0.15) is 28.9 Å². The smallest absolute Gasteiger partial charge is 0.328 e. The highest BCUT2D eigenvalue weighted by molar-refractivity contribution is 7.09. The Balaban J connectivity index is 1.76. The molecule has 0 bridgehead atoms. The Hall–Kier alpha value is -3.35. The van der Waals surface area contributed by atoms with Gasteiger partial charge in [-0.15, -0.1) is 11.3 Å². The Morgan fingerprint density at radius 2 is 1.81 bits per heavy atom. The van der Waals surface area contributed by atoms with Crippen molar-refractivity contribution in [2.45, 2.75) is 110 Å². The molecule has 12 heteroatoms. The lowest BCUT2D eigenvalue weighted by atomic mass is 9.92. The fourth-order valence-corrected chi connectivity index (χ4v) is 7.05. The molecular formula is C36H55N5O6S. The van der Waals surface area contributed by atoms with E-state index in [1.807, 2.05) is 76.9 Å². The molecule has 0 aliphatic carbocycles. The molecule has 0 radical (unpaired) electrons. The van der Waals surface area contributed by atoms with Crippen molar-refractivity contribution in [3.63, 3.8) is 0 Å². The normalized spacial score (nSPS) is 18.3. The SMILES string of the molecule is CCCN(C(=O)[C@@H](NC(=O)C1CCCCN1C)C(C)CC)[C@H](C[C@@H](O)c1nc(C(=O)N[C@@H](Cc2ccccc2)C(=O)OC)cs1)C(C)C. The van der Waals surface area contributed by atoms with Crippen LogP contribution in [0.2, 0.25) is 0 Å². The Labute approximate surface area is 289 Å². The van der Waals surface area contributed by atoms with Crippen molar-refractivity contribution < 1.29 is 29.0 Å². The first kappa shape index (κ1) is 39.1. The number of aliphatic hydroxyl groups excluding tert-OH is 1. The zero-order valence-electron chi connectivity index (χ0n) is 29.6. The van der Waals surface area contributed by atoms with Crippen LogP contribution in [0.25, 0.3) is 0 Å². The minimum Gasteiger partial charge on any atom is -0.467 e. The van der Waals surface area contributed by atoms with Crippen LogP contribution in [-0.2, 0) is 25.5 Å². The number of nitrogens with zero attached hydrogens (tertiary/aromatic N) is 3. The van der Waals surface area contributed by atoms with E-state index in [1.54, 1.807) is 5.38 Å². The van der Waals surface area contributed by atoms with Gasteiger partial charge in [0.25, 0.3) is 5.91 Å². The van der Waals surface area contributed by atoms with Gasteiger partial charge >= 0.3 is 5.97 Å². The number of methoxy groups -OCH3 is 1. The highest BCUT2D eigenvalue weighted by Crippen LogP contribution is 2.29. The summed E-state index contributed by atoms with van der Waals surface area (Å²) in [5.41, 5.74) is 0.954. The minimum atomic E-state index is -1.04. The largest absolute Gasteiger partial charge is 0.467 e. The molecule has 1 aliphatic heterocycles. The van der Waals surface area contributed by atoms with Gasteiger partial charge in [-0.25, -0.2) is 9.78 Å². The number of thiazole rings is 1. The summed E-state index contributed by atoms with van der Waals surface area (Å²) in [4.78, 5) is 61.7. The highest BCUT2D eigenvalue weighted by Gasteiger charge is 2.37. The van der Waals surface area contributed by atoms with Crippen molar-refractivity contribution in [3.05, 3.63) is 52.0 Å². The van der Waals surface area contributed by atoms with E-state index in [9.17, 15) is 24.3 Å². The highest BCUT2D eigenvalue weighted by atomic mass is 32.1. The molecule has 1 fully saturated rings. The van der Waals surface area contributed by atoms with Crippen LogP contribution in [-0.4, -0.2) is 95.0 Å². The number of ether oxygens (including phenoxy) is 1. The fraction of sp³-hybridized carbons (Fsp3) is 0.639. The summed E-state index contributed by atoms with van der Waals surface area (Å²) in [6, 6.07) is 7.13. The fourth-order valence-electron chi connectivity index (χ4n) is 6.25. The van der Waals surface area contributed by atoms with Crippen molar-refractivity contribution >= 4 is 35.0 Å². The second-order valence-corrected chi connectivity index (χ2v) is 14.2. The Morgan fingerprint density at radius 3 is 2.42 bits per heavy atom. The first-order chi connectivity index (χ1) is 22.9. The number of likely N-dealkylation sites (N-methyl/N-ethyl adjacent to an activating group) is 1. The third kappa shape index (κ3) is 10.6. The summed E-state index contributed by atoms with van der Waals surface area (Å²) >= 11 is 1.15. The molecule has 3 amide bonds. The summed E-state index contributed by atoms with van der Waals surface area (Å²) in [6.45, 7) is 11.4. The minimum absolute atomic E-state index is 0.00514. The van der Waals surface area contributed by atoms with Crippen LogP contribution in [0.4, 0.5) is 0 Å². The maximum atomic E-state index is 14.3.